The van der Waals surface area contributed by atoms with Gasteiger partial charge in [-0.3, -0.25) is 0 Å². The minimum Gasteiger partial charge on any atom is -0.444 e. The molecule has 9 nitrogen and oxygen atoms in total. The van der Waals surface area contributed by atoms with Crippen LogP contribution < -0.4 is 15.5 Å². The van der Waals surface area contributed by atoms with Gasteiger partial charge in [-0.25, -0.2) is 19.2 Å². The number of anilines is 3. The summed E-state index contributed by atoms with van der Waals surface area (Å²) in [5.41, 5.74) is 7.94. The number of benzene rings is 1. The number of aromatic nitrogens is 2. The van der Waals surface area contributed by atoms with Crippen LogP contribution in [0, 0.1) is 5.82 Å². The van der Waals surface area contributed by atoms with Crippen molar-refractivity contribution in [2.45, 2.75) is 45.3 Å². The van der Waals surface area contributed by atoms with Crippen molar-refractivity contribution in [2.24, 2.45) is 0 Å². The van der Waals surface area contributed by atoms with E-state index in [4.69, 9.17) is 15.2 Å². The molecule has 2 fully saturated rings. The summed E-state index contributed by atoms with van der Waals surface area (Å²) in [4.78, 5) is 27.0. The second kappa shape index (κ2) is 10.2. The van der Waals surface area contributed by atoms with Gasteiger partial charge in [0.25, 0.3) is 0 Å². The molecule has 35 heavy (non-hydrogen) atoms. The Labute approximate surface area is 206 Å². The Hall–Kier alpha value is -3.14. The number of carbonyl (C=O) groups is 1. The molecule has 2 saturated heterocycles. The Bertz CT molecular complexity index is 1030. The van der Waals surface area contributed by atoms with Gasteiger partial charge in [0.05, 0.1) is 24.6 Å². The highest BCUT2D eigenvalue weighted by Crippen LogP contribution is 2.34. The van der Waals surface area contributed by atoms with Crippen molar-refractivity contribution in [1.82, 2.24) is 14.9 Å². The molecular weight excluding hydrogens is 451 g/mol. The molecule has 2 aromatic rings. The van der Waals surface area contributed by atoms with Crippen LogP contribution in [0.1, 0.15) is 33.6 Å². The van der Waals surface area contributed by atoms with Crippen LogP contribution in [0.2, 0.25) is 0 Å². The number of morpholine rings is 1. The number of amides is 1. The van der Waals surface area contributed by atoms with Crippen molar-refractivity contribution in [1.29, 1.82) is 0 Å². The summed E-state index contributed by atoms with van der Waals surface area (Å²) in [5.74, 6) is 0.242. The summed E-state index contributed by atoms with van der Waals surface area (Å²) < 4.78 is 26.0. The molecule has 1 aromatic carbocycles. The second-order valence-electron chi connectivity index (χ2n) is 10.1. The van der Waals surface area contributed by atoms with E-state index in [2.05, 4.69) is 14.9 Å². The van der Waals surface area contributed by atoms with E-state index in [0.29, 0.717) is 54.8 Å². The Balaban J connectivity index is 1.42. The van der Waals surface area contributed by atoms with Crippen LogP contribution in [0.25, 0.3) is 11.1 Å². The van der Waals surface area contributed by atoms with Crippen LogP contribution in [0.15, 0.2) is 24.5 Å². The number of hydrogen-bond donors (Lipinski definition) is 1. The molecule has 190 valence electrons. The summed E-state index contributed by atoms with van der Waals surface area (Å²) in [6, 6.07) is 3.20. The van der Waals surface area contributed by atoms with Crippen molar-refractivity contribution in [3.8, 4) is 11.1 Å². The smallest absolute Gasteiger partial charge is 0.410 e. The van der Waals surface area contributed by atoms with E-state index >= 15 is 4.39 Å². The normalized spacial score (nSPS) is 17.4. The number of ether oxygens (including phenoxy) is 2. The van der Waals surface area contributed by atoms with Gasteiger partial charge >= 0.3 is 6.09 Å². The number of halogens is 1. The van der Waals surface area contributed by atoms with Crippen LogP contribution in [0.5, 0.6) is 0 Å². The van der Waals surface area contributed by atoms with Crippen molar-refractivity contribution < 1.29 is 18.7 Å². The molecule has 1 aromatic heterocycles. The van der Waals surface area contributed by atoms with E-state index in [0.717, 1.165) is 25.9 Å². The largest absolute Gasteiger partial charge is 0.444 e. The topological polar surface area (TPSA) is 97.0 Å². The van der Waals surface area contributed by atoms with Crippen molar-refractivity contribution in [2.75, 3.05) is 62.0 Å². The summed E-state index contributed by atoms with van der Waals surface area (Å²) in [6.07, 6.45) is 4.43. The lowest BCUT2D eigenvalue weighted by molar-refractivity contribution is 0.0201. The molecule has 4 rings (SSSR count). The number of carbonyl (C=O) groups excluding carboxylic acids is 1. The van der Waals surface area contributed by atoms with Crippen LogP contribution in [-0.4, -0.2) is 79.0 Å². The van der Waals surface area contributed by atoms with E-state index < -0.39 is 5.60 Å². The van der Waals surface area contributed by atoms with Gasteiger partial charge in [0, 0.05) is 62.8 Å². The van der Waals surface area contributed by atoms with Crippen molar-refractivity contribution >= 4 is 23.4 Å². The van der Waals surface area contributed by atoms with Gasteiger partial charge in [-0.15, -0.1) is 0 Å². The Kier molecular flexibility index (Phi) is 7.30. The van der Waals surface area contributed by atoms with Crippen molar-refractivity contribution in [3.05, 3.63) is 30.3 Å². The number of nitrogens with two attached hydrogens (primary N) is 1. The van der Waals surface area contributed by atoms with Gasteiger partial charge in [-0.2, -0.15) is 0 Å². The SMILES string of the molecule is CN(C(=O)OC(C)(C)C)C1CCN(c2cc(F)c(-c3cnc(N4CCOCC4)nc3)cc2N)CC1. The number of rotatable bonds is 4. The van der Waals surface area contributed by atoms with E-state index in [1.165, 1.54) is 6.07 Å². The molecular formula is C25H35FN6O3. The lowest BCUT2D eigenvalue weighted by Gasteiger charge is -2.38. The van der Waals surface area contributed by atoms with E-state index in [1.807, 2.05) is 25.7 Å². The van der Waals surface area contributed by atoms with Crippen molar-refractivity contribution in [3.63, 3.8) is 0 Å². The molecule has 0 aliphatic carbocycles. The summed E-state index contributed by atoms with van der Waals surface area (Å²) >= 11 is 0. The molecule has 1 amide bonds. The lowest BCUT2D eigenvalue weighted by atomic mass is 10.0. The van der Waals surface area contributed by atoms with Gasteiger partial charge < -0.3 is 29.9 Å². The summed E-state index contributed by atoms with van der Waals surface area (Å²) in [5, 5.41) is 0. The number of nitrogen functional groups attached to an aromatic ring is 1. The maximum absolute atomic E-state index is 15.2. The Morgan fingerprint density at radius 3 is 2.34 bits per heavy atom. The molecule has 0 spiro atoms. The molecule has 2 aliphatic rings. The third kappa shape index (κ3) is 5.93. The van der Waals surface area contributed by atoms with E-state index in [-0.39, 0.29) is 18.0 Å². The molecule has 0 saturated carbocycles. The highest BCUT2D eigenvalue weighted by Gasteiger charge is 2.29. The fourth-order valence-electron chi connectivity index (χ4n) is 4.44. The molecule has 0 radical (unpaired) electrons. The number of nitrogens with zero attached hydrogens (tertiary/aromatic N) is 5. The molecule has 2 N–H and O–H groups in total. The zero-order valence-corrected chi connectivity index (χ0v) is 21.0. The maximum Gasteiger partial charge on any atom is 0.410 e. The molecule has 0 bridgehead atoms. The van der Waals surface area contributed by atoms with Gasteiger partial charge in [-0.05, 0) is 45.7 Å². The minimum atomic E-state index is -0.534. The molecule has 2 aliphatic heterocycles. The van der Waals surface area contributed by atoms with Crippen LogP contribution >= 0.6 is 0 Å². The monoisotopic (exact) mass is 486 g/mol. The fraction of sp³-hybridized carbons (Fsp3) is 0.560. The highest BCUT2D eigenvalue weighted by molar-refractivity contribution is 5.77. The third-order valence-electron chi connectivity index (χ3n) is 6.39. The minimum absolute atomic E-state index is 0.0635. The molecule has 0 unspecified atom stereocenters. The Morgan fingerprint density at radius 2 is 1.74 bits per heavy atom. The molecule has 0 atom stereocenters. The predicted molar refractivity (Wildman–Crippen MR) is 134 cm³/mol. The zero-order valence-electron chi connectivity index (χ0n) is 21.0. The molecule has 10 heteroatoms. The third-order valence-corrected chi connectivity index (χ3v) is 6.39. The lowest BCUT2D eigenvalue weighted by Crippen LogP contribution is -2.47. The summed E-state index contributed by atoms with van der Waals surface area (Å²) in [6.45, 7) is 9.65. The van der Waals surface area contributed by atoms with E-state index in [1.54, 1.807) is 30.4 Å². The van der Waals surface area contributed by atoms with Gasteiger partial charge in [0.15, 0.2) is 0 Å². The number of hydrogen-bond acceptors (Lipinski definition) is 8. The maximum atomic E-state index is 15.2. The molecule has 3 heterocycles. The van der Waals surface area contributed by atoms with Crippen LogP contribution in [-0.2, 0) is 9.47 Å². The van der Waals surface area contributed by atoms with E-state index in [9.17, 15) is 4.79 Å². The average Bonchev–Trinajstić information content (AvgIpc) is 2.84. The Morgan fingerprint density at radius 1 is 1.11 bits per heavy atom. The standard InChI is InChI=1S/C25H35FN6O3/c1-25(2,3)35-24(33)30(4)18-5-7-31(8-6-18)22-14-20(26)19(13-21(22)27)17-15-28-23(29-16-17)32-9-11-34-12-10-32/h13-16,18H,5-12,27H2,1-4H3. The second-order valence-corrected chi connectivity index (χ2v) is 10.1. The first-order valence-electron chi connectivity index (χ1n) is 12.1. The number of piperidine rings is 1. The zero-order chi connectivity index (χ0) is 25.2. The first kappa shape index (κ1) is 25.0. The van der Waals surface area contributed by atoms with Gasteiger partial charge in [-0.1, -0.05) is 0 Å². The quantitative estimate of drug-likeness (QED) is 0.656. The first-order chi connectivity index (χ1) is 16.6. The summed E-state index contributed by atoms with van der Waals surface area (Å²) in [7, 11) is 1.77. The van der Waals surface area contributed by atoms with Gasteiger partial charge in [0.1, 0.15) is 11.4 Å². The fourth-order valence-corrected chi connectivity index (χ4v) is 4.44. The van der Waals surface area contributed by atoms with Crippen LogP contribution in [0.4, 0.5) is 26.5 Å². The van der Waals surface area contributed by atoms with Gasteiger partial charge in [0.2, 0.25) is 5.95 Å². The first-order valence-corrected chi connectivity index (χ1v) is 12.1. The predicted octanol–water partition coefficient (Wildman–Crippen LogP) is 3.54. The van der Waals surface area contributed by atoms with Crippen LogP contribution in [0.3, 0.4) is 0 Å². The highest BCUT2D eigenvalue weighted by atomic mass is 19.1. The average molecular weight is 487 g/mol.